The van der Waals surface area contributed by atoms with E-state index in [4.69, 9.17) is 27.9 Å². The minimum Gasteiger partial charge on any atom is -0.492 e. The van der Waals surface area contributed by atoms with E-state index in [-0.39, 0.29) is 0 Å². The maximum Gasteiger partial charge on any atom is 0.142 e. The molecule has 4 heteroatoms. The van der Waals surface area contributed by atoms with Crippen molar-refractivity contribution < 1.29 is 4.74 Å². The summed E-state index contributed by atoms with van der Waals surface area (Å²) in [4.78, 5) is 0. The van der Waals surface area contributed by atoms with Crippen LogP contribution in [0.1, 0.15) is 51.0 Å². The molecule has 0 saturated heterocycles. The van der Waals surface area contributed by atoms with Crippen LogP contribution in [0.25, 0.3) is 0 Å². The third-order valence-electron chi connectivity index (χ3n) is 6.07. The number of benzene rings is 1. The molecule has 5 rings (SSSR count). The highest BCUT2D eigenvalue weighted by molar-refractivity contribution is 6.35. The molecule has 0 spiro atoms. The summed E-state index contributed by atoms with van der Waals surface area (Å²) < 4.78 is 5.76. The van der Waals surface area contributed by atoms with E-state index >= 15 is 0 Å². The summed E-state index contributed by atoms with van der Waals surface area (Å²) in [6.45, 7) is 3.40. The second-order valence-corrected chi connectivity index (χ2v) is 8.70. The first-order valence-electron chi connectivity index (χ1n) is 8.92. The molecular formula is C19H25Cl2NO. The van der Waals surface area contributed by atoms with E-state index < -0.39 is 0 Å². The van der Waals surface area contributed by atoms with Crippen molar-refractivity contribution >= 4 is 23.2 Å². The van der Waals surface area contributed by atoms with E-state index in [1.807, 2.05) is 13.0 Å². The fourth-order valence-corrected chi connectivity index (χ4v) is 6.25. The molecule has 2 nitrogen and oxygen atoms in total. The van der Waals surface area contributed by atoms with Gasteiger partial charge in [-0.25, -0.2) is 0 Å². The van der Waals surface area contributed by atoms with Crippen molar-refractivity contribution in [2.24, 2.45) is 17.8 Å². The van der Waals surface area contributed by atoms with Crippen molar-refractivity contribution in [3.8, 4) is 5.75 Å². The normalized spacial score (nSPS) is 34.8. The molecule has 0 amide bonds. The summed E-state index contributed by atoms with van der Waals surface area (Å²) in [6.07, 6.45) is 8.43. The van der Waals surface area contributed by atoms with Crippen LogP contribution in [0.3, 0.4) is 0 Å². The van der Waals surface area contributed by atoms with Gasteiger partial charge in [0.15, 0.2) is 0 Å². The van der Waals surface area contributed by atoms with Crippen LogP contribution >= 0.6 is 23.2 Å². The van der Waals surface area contributed by atoms with Gasteiger partial charge in [0, 0.05) is 22.7 Å². The van der Waals surface area contributed by atoms with Crippen LogP contribution in [0.4, 0.5) is 0 Å². The zero-order valence-corrected chi connectivity index (χ0v) is 15.2. The third-order valence-corrected chi connectivity index (χ3v) is 6.57. The fourth-order valence-electron chi connectivity index (χ4n) is 5.66. The van der Waals surface area contributed by atoms with Gasteiger partial charge in [-0.2, -0.15) is 0 Å². The van der Waals surface area contributed by atoms with Crippen LogP contribution in [-0.2, 0) is 6.54 Å². The lowest BCUT2D eigenvalue weighted by molar-refractivity contribution is -0.0206. The topological polar surface area (TPSA) is 21.3 Å². The molecule has 126 valence electrons. The van der Waals surface area contributed by atoms with Crippen LogP contribution in [-0.4, -0.2) is 12.1 Å². The van der Waals surface area contributed by atoms with E-state index in [0.717, 1.165) is 35.6 Å². The minimum atomic E-state index is 0.340. The molecule has 0 unspecified atom stereocenters. The Hall–Kier alpha value is -0.440. The van der Waals surface area contributed by atoms with Gasteiger partial charge in [-0.1, -0.05) is 23.2 Å². The molecule has 4 aliphatic carbocycles. The van der Waals surface area contributed by atoms with Crippen molar-refractivity contribution in [2.75, 3.05) is 6.61 Å². The summed E-state index contributed by atoms with van der Waals surface area (Å²) in [6, 6.07) is 3.76. The van der Waals surface area contributed by atoms with E-state index in [9.17, 15) is 0 Å². The number of hydrogen-bond acceptors (Lipinski definition) is 2. The highest BCUT2D eigenvalue weighted by Gasteiger charge is 2.50. The van der Waals surface area contributed by atoms with Gasteiger partial charge in [-0.15, -0.1) is 0 Å². The molecule has 4 fully saturated rings. The Bertz CT molecular complexity index is 566. The fraction of sp³-hybridized carbons (Fsp3) is 0.684. The zero-order chi connectivity index (χ0) is 16.0. The van der Waals surface area contributed by atoms with Crippen LogP contribution in [0.5, 0.6) is 5.75 Å². The minimum absolute atomic E-state index is 0.340. The Kier molecular flexibility index (Phi) is 4.28. The quantitative estimate of drug-likeness (QED) is 0.759. The van der Waals surface area contributed by atoms with Gasteiger partial charge in [0.2, 0.25) is 0 Å². The lowest BCUT2D eigenvalue weighted by Crippen LogP contribution is -2.58. The first-order valence-corrected chi connectivity index (χ1v) is 9.68. The molecule has 23 heavy (non-hydrogen) atoms. The molecule has 4 aliphatic rings. The smallest absolute Gasteiger partial charge is 0.142 e. The SMILES string of the molecule is CCOc1c(Cl)cc(Cl)cc1CNC12CC3CC(CC(C3)C1)C2. The van der Waals surface area contributed by atoms with Gasteiger partial charge >= 0.3 is 0 Å². The molecule has 4 saturated carbocycles. The Morgan fingerprint density at radius 2 is 1.70 bits per heavy atom. The van der Waals surface area contributed by atoms with Crippen LogP contribution in [0.15, 0.2) is 12.1 Å². The summed E-state index contributed by atoms with van der Waals surface area (Å²) >= 11 is 12.5. The van der Waals surface area contributed by atoms with E-state index in [1.54, 1.807) is 6.07 Å². The molecule has 0 heterocycles. The standard InChI is InChI=1S/C19H25Cl2NO/c1-2-23-18-15(6-16(20)7-17(18)21)11-22-19-8-12-3-13(9-19)5-14(4-12)10-19/h6-7,12-14,22H,2-5,8-11H2,1H3. The summed E-state index contributed by atoms with van der Waals surface area (Å²) in [5, 5.41) is 5.19. The number of nitrogens with one attached hydrogen (secondary N) is 1. The molecule has 4 bridgehead atoms. The van der Waals surface area contributed by atoms with Crippen molar-refractivity contribution in [1.29, 1.82) is 0 Å². The molecule has 1 N–H and O–H groups in total. The van der Waals surface area contributed by atoms with Crippen molar-refractivity contribution in [3.63, 3.8) is 0 Å². The Balaban J connectivity index is 1.53. The third kappa shape index (κ3) is 3.10. The maximum absolute atomic E-state index is 6.33. The molecule has 1 aromatic carbocycles. The lowest BCUT2D eigenvalue weighted by Gasteiger charge is -2.57. The molecule has 0 radical (unpaired) electrons. The van der Waals surface area contributed by atoms with E-state index in [2.05, 4.69) is 5.32 Å². The van der Waals surface area contributed by atoms with E-state index in [1.165, 1.54) is 38.5 Å². The van der Waals surface area contributed by atoms with Gasteiger partial charge in [-0.3, -0.25) is 0 Å². The van der Waals surface area contributed by atoms with Gasteiger partial charge in [0.05, 0.1) is 11.6 Å². The van der Waals surface area contributed by atoms with Crippen molar-refractivity contribution in [3.05, 3.63) is 27.7 Å². The van der Waals surface area contributed by atoms with Gasteiger partial charge in [0.1, 0.15) is 5.75 Å². The van der Waals surface area contributed by atoms with Gasteiger partial charge in [-0.05, 0) is 75.3 Å². The number of ether oxygens (including phenoxy) is 1. The highest BCUT2D eigenvalue weighted by Crippen LogP contribution is 2.55. The molecule has 0 atom stereocenters. The summed E-state index contributed by atoms with van der Waals surface area (Å²) in [7, 11) is 0. The molecular weight excluding hydrogens is 329 g/mol. The largest absolute Gasteiger partial charge is 0.492 e. The van der Waals surface area contributed by atoms with Crippen LogP contribution in [0, 0.1) is 17.8 Å². The molecule has 0 aliphatic heterocycles. The maximum atomic E-state index is 6.33. The lowest BCUT2D eigenvalue weighted by atomic mass is 9.53. The van der Waals surface area contributed by atoms with Gasteiger partial charge in [0.25, 0.3) is 0 Å². The highest BCUT2D eigenvalue weighted by atomic mass is 35.5. The number of halogens is 2. The first-order chi connectivity index (χ1) is 11.1. The van der Waals surface area contributed by atoms with Crippen LogP contribution in [0.2, 0.25) is 10.0 Å². The Labute approximate surface area is 148 Å². The van der Waals surface area contributed by atoms with Crippen molar-refractivity contribution in [2.45, 2.75) is 57.5 Å². The average molecular weight is 354 g/mol. The summed E-state index contributed by atoms with van der Waals surface area (Å²) in [5.74, 6) is 3.63. The molecule has 0 aromatic heterocycles. The monoisotopic (exact) mass is 353 g/mol. The second kappa shape index (κ2) is 6.13. The van der Waals surface area contributed by atoms with E-state index in [0.29, 0.717) is 22.2 Å². The van der Waals surface area contributed by atoms with Crippen molar-refractivity contribution in [1.82, 2.24) is 5.32 Å². The Morgan fingerprint density at radius 1 is 1.09 bits per heavy atom. The van der Waals surface area contributed by atoms with Gasteiger partial charge < -0.3 is 10.1 Å². The second-order valence-electron chi connectivity index (χ2n) is 7.86. The Morgan fingerprint density at radius 3 is 2.26 bits per heavy atom. The van der Waals surface area contributed by atoms with Crippen LogP contribution < -0.4 is 10.1 Å². The predicted octanol–water partition coefficient (Wildman–Crippen LogP) is 5.45. The number of hydrogen-bond donors (Lipinski definition) is 1. The first kappa shape index (κ1) is 16.1. The predicted molar refractivity (Wildman–Crippen MR) is 95.4 cm³/mol. The zero-order valence-electron chi connectivity index (χ0n) is 13.7. The average Bonchev–Trinajstić information content (AvgIpc) is 2.47. The molecule has 1 aromatic rings. The summed E-state index contributed by atoms with van der Waals surface area (Å²) in [5.41, 5.74) is 1.42. The number of rotatable bonds is 5.